The van der Waals surface area contributed by atoms with E-state index < -0.39 is 0 Å². The summed E-state index contributed by atoms with van der Waals surface area (Å²) >= 11 is 0. The molecule has 1 N–H and O–H groups in total. The van der Waals surface area contributed by atoms with Crippen molar-refractivity contribution in [3.8, 4) is 11.5 Å². The van der Waals surface area contributed by atoms with Gasteiger partial charge in [-0.1, -0.05) is 30.5 Å². The zero-order valence-corrected chi connectivity index (χ0v) is 13.9. The van der Waals surface area contributed by atoms with Gasteiger partial charge in [-0.2, -0.15) is 0 Å². The van der Waals surface area contributed by atoms with Crippen molar-refractivity contribution in [1.29, 1.82) is 0 Å². The number of carbonyl (C=O) groups is 1. The number of benzene rings is 1. The van der Waals surface area contributed by atoms with E-state index in [4.69, 9.17) is 4.42 Å². The highest BCUT2D eigenvalue weighted by Crippen LogP contribution is 2.24. The molecule has 1 heterocycles. The third kappa shape index (κ3) is 4.01. The predicted molar refractivity (Wildman–Crippen MR) is 90.1 cm³/mol. The minimum Gasteiger partial charge on any atom is -0.441 e. The number of oxazole rings is 1. The minimum absolute atomic E-state index is 0.0316. The highest BCUT2D eigenvalue weighted by atomic mass is 16.4. The molecular weight excluding hydrogens is 288 g/mol. The zero-order chi connectivity index (χ0) is 16.2. The Hall–Kier alpha value is -2.10. The summed E-state index contributed by atoms with van der Waals surface area (Å²) in [7, 11) is 0. The van der Waals surface area contributed by atoms with Gasteiger partial charge in [-0.15, -0.1) is 0 Å². The zero-order valence-electron chi connectivity index (χ0n) is 13.9. The SMILES string of the molecule is Cc1cccc(-c2nc(CC(=O)NCC3CCCC3)c(C)o2)c1. The van der Waals surface area contributed by atoms with Crippen LogP contribution in [0.15, 0.2) is 28.7 Å². The van der Waals surface area contributed by atoms with Crippen molar-refractivity contribution in [1.82, 2.24) is 10.3 Å². The van der Waals surface area contributed by atoms with Gasteiger partial charge in [0.25, 0.3) is 0 Å². The molecule has 0 aliphatic heterocycles. The van der Waals surface area contributed by atoms with Crippen LogP contribution in [0.1, 0.15) is 42.7 Å². The summed E-state index contributed by atoms with van der Waals surface area (Å²) in [4.78, 5) is 16.6. The fourth-order valence-electron chi connectivity index (χ4n) is 3.18. The first kappa shape index (κ1) is 15.8. The number of hydrogen-bond acceptors (Lipinski definition) is 3. The molecule has 0 bridgehead atoms. The molecule has 23 heavy (non-hydrogen) atoms. The van der Waals surface area contributed by atoms with Gasteiger partial charge in [0.1, 0.15) is 5.76 Å². The summed E-state index contributed by atoms with van der Waals surface area (Å²) in [6, 6.07) is 8.03. The van der Waals surface area contributed by atoms with Crippen LogP contribution in [0.2, 0.25) is 0 Å². The molecule has 122 valence electrons. The van der Waals surface area contributed by atoms with Crippen LogP contribution >= 0.6 is 0 Å². The van der Waals surface area contributed by atoms with Crippen LogP contribution in [0.4, 0.5) is 0 Å². The van der Waals surface area contributed by atoms with Crippen LogP contribution in [0.25, 0.3) is 11.5 Å². The van der Waals surface area contributed by atoms with Crippen molar-refractivity contribution in [3.05, 3.63) is 41.3 Å². The molecule has 4 heteroatoms. The number of carbonyl (C=O) groups excluding carboxylic acids is 1. The Labute approximate surface area is 137 Å². The van der Waals surface area contributed by atoms with Crippen LogP contribution in [-0.2, 0) is 11.2 Å². The first-order chi connectivity index (χ1) is 11.1. The fourth-order valence-corrected chi connectivity index (χ4v) is 3.18. The normalized spacial score (nSPS) is 15.0. The number of nitrogens with zero attached hydrogens (tertiary/aromatic N) is 1. The Morgan fingerprint density at radius 1 is 1.30 bits per heavy atom. The quantitative estimate of drug-likeness (QED) is 0.913. The van der Waals surface area contributed by atoms with Crippen molar-refractivity contribution in [2.45, 2.75) is 46.0 Å². The molecule has 1 fully saturated rings. The Morgan fingerprint density at radius 2 is 2.09 bits per heavy atom. The number of aryl methyl sites for hydroxylation is 2. The summed E-state index contributed by atoms with van der Waals surface area (Å²) in [6.45, 7) is 4.70. The lowest BCUT2D eigenvalue weighted by Gasteiger charge is -2.09. The molecule has 1 saturated carbocycles. The summed E-state index contributed by atoms with van der Waals surface area (Å²) in [6.07, 6.45) is 5.35. The first-order valence-electron chi connectivity index (χ1n) is 8.42. The lowest BCUT2D eigenvalue weighted by Crippen LogP contribution is -2.29. The van der Waals surface area contributed by atoms with Crippen molar-refractivity contribution in [2.75, 3.05) is 6.54 Å². The number of rotatable bonds is 5. The second-order valence-electron chi connectivity index (χ2n) is 6.52. The van der Waals surface area contributed by atoms with Gasteiger partial charge in [0.05, 0.1) is 12.1 Å². The fraction of sp³-hybridized carbons (Fsp3) is 0.474. The molecule has 1 aliphatic carbocycles. The standard InChI is InChI=1S/C19H24N2O2/c1-13-6-5-9-16(10-13)19-21-17(14(2)23-19)11-18(22)20-12-15-7-3-4-8-15/h5-6,9-10,15H,3-4,7-8,11-12H2,1-2H3,(H,20,22). The topological polar surface area (TPSA) is 55.1 Å². The average molecular weight is 312 g/mol. The van der Waals surface area contributed by atoms with E-state index in [1.807, 2.05) is 38.1 Å². The van der Waals surface area contributed by atoms with Gasteiger partial charge in [0, 0.05) is 12.1 Å². The van der Waals surface area contributed by atoms with Crippen molar-refractivity contribution in [2.24, 2.45) is 5.92 Å². The maximum Gasteiger partial charge on any atom is 0.226 e. The van der Waals surface area contributed by atoms with E-state index in [-0.39, 0.29) is 12.3 Å². The monoisotopic (exact) mass is 312 g/mol. The van der Waals surface area contributed by atoms with Gasteiger partial charge in [-0.3, -0.25) is 4.79 Å². The Morgan fingerprint density at radius 3 is 2.83 bits per heavy atom. The molecule has 0 saturated heterocycles. The second kappa shape index (κ2) is 6.99. The van der Waals surface area contributed by atoms with Gasteiger partial charge in [0.2, 0.25) is 11.8 Å². The van der Waals surface area contributed by atoms with Crippen LogP contribution in [0.3, 0.4) is 0 Å². The number of nitrogens with one attached hydrogen (secondary N) is 1. The number of amides is 1. The van der Waals surface area contributed by atoms with Crippen molar-refractivity contribution < 1.29 is 9.21 Å². The molecule has 1 aromatic carbocycles. The smallest absolute Gasteiger partial charge is 0.226 e. The molecular formula is C19H24N2O2. The van der Waals surface area contributed by atoms with E-state index in [1.54, 1.807) is 0 Å². The largest absolute Gasteiger partial charge is 0.441 e. The molecule has 0 spiro atoms. The molecule has 1 aromatic heterocycles. The van der Waals surface area contributed by atoms with Crippen LogP contribution < -0.4 is 5.32 Å². The van der Waals surface area contributed by atoms with Gasteiger partial charge in [-0.25, -0.2) is 4.98 Å². The Bertz CT molecular complexity index is 684. The molecule has 1 aliphatic rings. The Kier molecular flexibility index (Phi) is 4.79. The summed E-state index contributed by atoms with van der Waals surface area (Å²) in [5.41, 5.74) is 2.84. The minimum atomic E-state index is 0.0316. The molecule has 0 atom stereocenters. The maximum absolute atomic E-state index is 12.1. The second-order valence-corrected chi connectivity index (χ2v) is 6.52. The van der Waals surface area contributed by atoms with Gasteiger partial charge in [0.15, 0.2) is 0 Å². The van der Waals surface area contributed by atoms with E-state index in [0.29, 0.717) is 11.8 Å². The summed E-state index contributed by atoms with van der Waals surface area (Å²) in [5.74, 6) is 1.99. The molecule has 0 unspecified atom stereocenters. The van der Waals surface area contributed by atoms with E-state index >= 15 is 0 Å². The Balaban J connectivity index is 1.62. The predicted octanol–water partition coefficient (Wildman–Crippen LogP) is 3.81. The van der Waals surface area contributed by atoms with Gasteiger partial charge >= 0.3 is 0 Å². The average Bonchev–Trinajstić information content (AvgIpc) is 3.16. The molecule has 1 amide bonds. The van der Waals surface area contributed by atoms with E-state index in [9.17, 15) is 4.79 Å². The van der Waals surface area contributed by atoms with Crippen LogP contribution in [0, 0.1) is 19.8 Å². The lowest BCUT2D eigenvalue weighted by molar-refractivity contribution is -0.120. The molecule has 2 aromatic rings. The molecule has 4 nitrogen and oxygen atoms in total. The van der Waals surface area contributed by atoms with E-state index in [0.717, 1.165) is 29.1 Å². The van der Waals surface area contributed by atoms with Gasteiger partial charge < -0.3 is 9.73 Å². The highest BCUT2D eigenvalue weighted by Gasteiger charge is 2.18. The molecule has 0 radical (unpaired) electrons. The highest BCUT2D eigenvalue weighted by molar-refractivity contribution is 5.78. The number of aromatic nitrogens is 1. The van der Waals surface area contributed by atoms with E-state index in [2.05, 4.69) is 10.3 Å². The third-order valence-corrected chi connectivity index (χ3v) is 4.55. The van der Waals surface area contributed by atoms with E-state index in [1.165, 1.54) is 25.7 Å². The lowest BCUT2D eigenvalue weighted by atomic mass is 10.1. The van der Waals surface area contributed by atoms with Crippen LogP contribution in [0.5, 0.6) is 0 Å². The first-order valence-corrected chi connectivity index (χ1v) is 8.42. The summed E-state index contributed by atoms with van der Waals surface area (Å²) in [5, 5.41) is 3.04. The van der Waals surface area contributed by atoms with Crippen molar-refractivity contribution in [3.63, 3.8) is 0 Å². The van der Waals surface area contributed by atoms with Crippen molar-refractivity contribution >= 4 is 5.91 Å². The van der Waals surface area contributed by atoms with Gasteiger partial charge in [-0.05, 0) is 44.7 Å². The van der Waals surface area contributed by atoms with Crippen LogP contribution in [-0.4, -0.2) is 17.4 Å². The summed E-state index contributed by atoms with van der Waals surface area (Å²) < 4.78 is 5.74. The third-order valence-electron chi connectivity index (χ3n) is 4.55. The maximum atomic E-state index is 12.1. The number of hydrogen-bond donors (Lipinski definition) is 1. The molecule has 3 rings (SSSR count).